The van der Waals surface area contributed by atoms with Crippen LogP contribution >= 0.6 is 0 Å². The van der Waals surface area contributed by atoms with Gasteiger partial charge in [-0.25, -0.2) is 0 Å². The number of hydrogen-bond donors (Lipinski definition) is 2. The molecule has 1 aliphatic heterocycles. The third-order valence-corrected chi connectivity index (χ3v) is 6.10. The lowest BCUT2D eigenvalue weighted by molar-refractivity contribution is -0.115. The van der Waals surface area contributed by atoms with Crippen LogP contribution in [0.4, 0.5) is 5.69 Å². The van der Waals surface area contributed by atoms with Crippen LogP contribution in [-0.2, 0) is 17.8 Å². The van der Waals surface area contributed by atoms with Crippen LogP contribution in [0, 0.1) is 0 Å². The highest BCUT2D eigenvalue weighted by Crippen LogP contribution is 2.36. The number of rotatable bonds is 9. The molecule has 35 heavy (non-hydrogen) atoms. The Labute approximate surface area is 205 Å². The van der Waals surface area contributed by atoms with Gasteiger partial charge in [0.15, 0.2) is 11.5 Å². The van der Waals surface area contributed by atoms with Gasteiger partial charge in [-0.2, -0.15) is 0 Å². The second-order valence-electron chi connectivity index (χ2n) is 8.51. The van der Waals surface area contributed by atoms with Crippen molar-refractivity contribution in [3.8, 4) is 11.5 Å². The Bertz CT molecular complexity index is 1150. The zero-order valence-electron chi connectivity index (χ0n) is 19.8. The summed E-state index contributed by atoms with van der Waals surface area (Å²) in [5, 5.41) is 12.6. The third kappa shape index (κ3) is 6.00. The van der Waals surface area contributed by atoms with E-state index >= 15 is 0 Å². The lowest BCUT2D eigenvalue weighted by Crippen LogP contribution is -2.38. The summed E-state index contributed by atoms with van der Waals surface area (Å²) in [6.07, 6.45) is 1.74. The molecule has 0 radical (unpaired) electrons. The van der Waals surface area contributed by atoms with Crippen LogP contribution in [0.5, 0.6) is 11.5 Å². The number of amides is 2. The van der Waals surface area contributed by atoms with Crippen LogP contribution in [0.2, 0.25) is 0 Å². The number of carbonyl (C=O) groups is 2. The summed E-state index contributed by atoms with van der Waals surface area (Å²) in [6.45, 7) is 0.757. The van der Waals surface area contributed by atoms with Gasteiger partial charge in [-0.3, -0.25) is 9.59 Å². The first-order chi connectivity index (χ1) is 17.1. The number of likely N-dealkylation sites (tertiary alicyclic amines) is 1. The molecule has 0 unspecified atom stereocenters. The van der Waals surface area contributed by atoms with Crippen LogP contribution in [0.1, 0.15) is 34.3 Å². The first-order valence-corrected chi connectivity index (χ1v) is 11.7. The summed E-state index contributed by atoms with van der Waals surface area (Å²) in [6, 6.07) is 22.1. The lowest BCUT2D eigenvalue weighted by Gasteiger charge is -2.25. The van der Waals surface area contributed by atoms with E-state index in [4.69, 9.17) is 9.47 Å². The molecule has 0 aliphatic carbocycles. The average Bonchev–Trinajstić information content (AvgIpc) is 3.37. The Kier molecular flexibility index (Phi) is 8.00. The maximum Gasteiger partial charge on any atom is 0.256 e. The Balaban J connectivity index is 1.64. The summed E-state index contributed by atoms with van der Waals surface area (Å²) in [7, 11) is 1.51. The van der Waals surface area contributed by atoms with Gasteiger partial charge in [-0.1, -0.05) is 60.7 Å². The number of carbonyl (C=O) groups excluding carboxylic acids is 2. The molecule has 1 heterocycles. The van der Waals surface area contributed by atoms with E-state index in [0.717, 1.165) is 24.0 Å². The van der Waals surface area contributed by atoms with E-state index in [1.807, 2.05) is 60.7 Å². The lowest BCUT2D eigenvalue weighted by atomic mass is 10.1. The van der Waals surface area contributed by atoms with E-state index in [9.17, 15) is 14.7 Å². The molecule has 182 valence electrons. The molecule has 1 atom stereocenters. The highest BCUT2D eigenvalue weighted by atomic mass is 16.5. The Morgan fingerprint density at radius 2 is 1.69 bits per heavy atom. The topological polar surface area (TPSA) is 88.1 Å². The molecule has 1 saturated heterocycles. The molecular formula is C28H30N2O5. The van der Waals surface area contributed by atoms with Gasteiger partial charge < -0.3 is 24.8 Å². The van der Waals surface area contributed by atoms with E-state index < -0.39 is 0 Å². The number of aliphatic hydroxyl groups excluding tert-OH is 1. The van der Waals surface area contributed by atoms with E-state index in [0.29, 0.717) is 35.9 Å². The Morgan fingerprint density at radius 1 is 1.00 bits per heavy atom. The number of anilines is 1. The molecule has 1 fully saturated rings. The highest BCUT2D eigenvalue weighted by molar-refractivity contribution is 6.05. The van der Waals surface area contributed by atoms with Crippen LogP contribution in [0.25, 0.3) is 0 Å². The minimum atomic E-state index is -0.260. The fourth-order valence-electron chi connectivity index (χ4n) is 4.27. The number of benzene rings is 3. The molecule has 0 aromatic heterocycles. The van der Waals surface area contributed by atoms with Gasteiger partial charge >= 0.3 is 0 Å². The van der Waals surface area contributed by atoms with Crippen LogP contribution in [-0.4, -0.2) is 48.1 Å². The van der Waals surface area contributed by atoms with Crippen molar-refractivity contribution in [3.63, 3.8) is 0 Å². The zero-order valence-corrected chi connectivity index (χ0v) is 19.8. The molecule has 3 aromatic rings. The molecule has 7 nitrogen and oxygen atoms in total. The van der Waals surface area contributed by atoms with Gasteiger partial charge in [0.05, 0.1) is 37.4 Å². The summed E-state index contributed by atoms with van der Waals surface area (Å²) in [4.78, 5) is 28.1. The third-order valence-electron chi connectivity index (χ3n) is 6.10. The van der Waals surface area contributed by atoms with Crippen molar-refractivity contribution in [3.05, 3.63) is 89.5 Å². The smallest absolute Gasteiger partial charge is 0.256 e. The quantitative estimate of drug-likeness (QED) is 0.489. The van der Waals surface area contributed by atoms with E-state index in [1.165, 1.54) is 7.11 Å². The van der Waals surface area contributed by atoms with E-state index in [2.05, 4.69) is 5.32 Å². The van der Waals surface area contributed by atoms with Gasteiger partial charge in [-0.15, -0.1) is 0 Å². The number of ether oxygens (including phenoxy) is 2. The first kappa shape index (κ1) is 24.3. The molecule has 4 rings (SSSR count). The predicted octanol–water partition coefficient (Wildman–Crippen LogP) is 4.05. The Hall–Kier alpha value is -3.84. The Morgan fingerprint density at radius 3 is 2.34 bits per heavy atom. The number of aliphatic hydroxyl groups is 1. The standard InChI is InChI=1S/C28H30N2O5/c1-34-25-16-23(28(33)30-14-8-13-22(30)18-31)24(29-27(32)15-20-9-4-2-5-10-20)17-26(25)35-19-21-11-6-3-7-12-21/h2-7,9-12,16-17,22,31H,8,13-15,18-19H2,1H3,(H,29,32)/t22-/m0/s1. The second-order valence-corrected chi connectivity index (χ2v) is 8.51. The fourth-order valence-corrected chi connectivity index (χ4v) is 4.27. The van der Waals surface area contributed by atoms with Crippen molar-refractivity contribution in [2.24, 2.45) is 0 Å². The minimum Gasteiger partial charge on any atom is -0.493 e. The number of nitrogens with one attached hydrogen (secondary N) is 1. The van der Waals surface area contributed by atoms with Crippen molar-refractivity contribution in [1.82, 2.24) is 4.90 Å². The van der Waals surface area contributed by atoms with Gasteiger partial charge in [-0.05, 0) is 30.0 Å². The van der Waals surface area contributed by atoms with Gasteiger partial charge in [0.2, 0.25) is 5.91 Å². The molecule has 2 N–H and O–H groups in total. The molecule has 0 saturated carbocycles. The molecule has 3 aromatic carbocycles. The highest BCUT2D eigenvalue weighted by Gasteiger charge is 2.31. The average molecular weight is 475 g/mol. The zero-order chi connectivity index (χ0) is 24.6. The SMILES string of the molecule is COc1cc(C(=O)N2CCC[C@H]2CO)c(NC(=O)Cc2ccccc2)cc1OCc1ccccc1. The fraction of sp³-hybridized carbons (Fsp3) is 0.286. The molecular weight excluding hydrogens is 444 g/mol. The summed E-state index contributed by atoms with van der Waals surface area (Å²) >= 11 is 0. The van der Waals surface area contributed by atoms with Gasteiger partial charge in [0.1, 0.15) is 6.61 Å². The van der Waals surface area contributed by atoms with E-state index in [-0.39, 0.29) is 30.9 Å². The number of hydrogen-bond acceptors (Lipinski definition) is 5. The summed E-state index contributed by atoms with van der Waals surface area (Å²) < 4.78 is 11.6. The maximum atomic E-state index is 13.5. The largest absolute Gasteiger partial charge is 0.493 e. The minimum absolute atomic E-state index is 0.100. The molecule has 2 amide bonds. The normalized spacial score (nSPS) is 15.0. The number of nitrogens with zero attached hydrogens (tertiary/aromatic N) is 1. The molecule has 7 heteroatoms. The molecule has 1 aliphatic rings. The van der Waals surface area contributed by atoms with Crippen molar-refractivity contribution < 1.29 is 24.2 Å². The summed E-state index contributed by atoms with van der Waals surface area (Å²) in [5.74, 6) is 0.308. The van der Waals surface area contributed by atoms with Crippen LogP contribution in [0.3, 0.4) is 0 Å². The van der Waals surface area contributed by atoms with Crippen molar-refractivity contribution in [2.75, 3.05) is 25.6 Å². The molecule has 0 spiro atoms. The monoisotopic (exact) mass is 474 g/mol. The van der Waals surface area contributed by atoms with Crippen molar-refractivity contribution in [1.29, 1.82) is 0 Å². The van der Waals surface area contributed by atoms with Crippen LogP contribution < -0.4 is 14.8 Å². The van der Waals surface area contributed by atoms with E-state index in [1.54, 1.807) is 17.0 Å². The second kappa shape index (κ2) is 11.5. The predicted molar refractivity (Wildman–Crippen MR) is 134 cm³/mol. The molecule has 0 bridgehead atoms. The van der Waals surface area contributed by atoms with Crippen molar-refractivity contribution >= 4 is 17.5 Å². The van der Waals surface area contributed by atoms with Gasteiger partial charge in [0, 0.05) is 12.6 Å². The number of methoxy groups -OCH3 is 1. The van der Waals surface area contributed by atoms with Crippen molar-refractivity contribution in [2.45, 2.75) is 31.9 Å². The first-order valence-electron chi connectivity index (χ1n) is 11.7. The van der Waals surface area contributed by atoms with Crippen LogP contribution in [0.15, 0.2) is 72.8 Å². The van der Waals surface area contributed by atoms with Gasteiger partial charge in [0.25, 0.3) is 5.91 Å². The summed E-state index contributed by atoms with van der Waals surface area (Å²) in [5.41, 5.74) is 2.50. The maximum absolute atomic E-state index is 13.5.